The molecule has 0 saturated heterocycles. The zero-order chi connectivity index (χ0) is 17.7. The van der Waals surface area contributed by atoms with Crippen molar-refractivity contribution in [2.45, 2.75) is 20.0 Å². The summed E-state index contributed by atoms with van der Waals surface area (Å²) >= 11 is 6.02. The maximum absolute atomic E-state index is 11.9. The zero-order valence-corrected chi connectivity index (χ0v) is 14.2. The fourth-order valence-corrected chi connectivity index (χ4v) is 2.52. The minimum absolute atomic E-state index is 0.0568. The summed E-state index contributed by atoms with van der Waals surface area (Å²) in [5.74, 6) is -1.67. The molecule has 1 unspecified atom stereocenters. The first kappa shape index (κ1) is 18.0. The van der Waals surface area contributed by atoms with Crippen LogP contribution in [0.15, 0.2) is 42.5 Å². The van der Waals surface area contributed by atoms with Gasteiger partial charge in [0.2, 0.25) is 0 Å². The number of rotatable bonds is 4. The van der Waals surface area contributed by atoms with Crippen molar-refractivity contribution in [2.75, 3.05) is 11.9 Å². The van der Waals surface area contributed by atoms with E-state index < -0.39 is 17.9 Å². The Bertz CT molecular complexity index is 762. The molecule has 1 atom stereocenters. The number of carbonyl (C=O) groups is 2. The molecular weight excluding hydrogens is 328 g/mol. The number of amides is 2. The molecule has 0 bridgehead atoms. The van der Waals surface area contributed by atoms with Gasteiger partial charge in [0.05, 0.1) is 16.8 Å². The maximum atomic E-state index is 11.9. The van der Waals surface area contributed by atoms with Crippen molar-refractivity contribution < 1.29 is 14.7 Å². The summed E-state index contributed by atoms with van der Waals surface area (Å²) in [6.07, 6.45) is -0.883. The Morgan fingerprint density at radius 1 is 1.12 bits per heavy atom. The molecule has 2 aromatic rings. The van der Waals surface area contributed by atoms with Gasteiger partial charge in [-0.15, -0.1) is 0 Å². The minimum Gasteiger partial charge on any atom is -0.387 e. The molecule has 5 nitrogen and oxygen atoms in total. The van der Waals surface area contributed by atoms with E-state index in [1.54, 1.807) is 30.3 Å². The van der Waals surface area contributed by atoms with E-state index in [2.05, 4.69) is 10.6 Å². The van der Waals surface area contributed by atoms with Crippen LogP contribution in [0.25, 0.3) is 0 Å². The van der Waals surface area contributed by atoms with Gasteiger partial charge in [0.15, 0.2) is 0 Å². The summed E-state index contributed by atoms with van der Waals surface area (Å²) in [7, 11) is 0. The predicted octanol–water partition coefficient (Wildman–Crippen LogP) is 2.75. The molecule has 0 fully saturated rings. The third-order valence-corrected chi connectivity index (χ3v) is 3.90. The second-order valence-corrected chi connectivity index (χ2v) is 5.93. The van der Waals surface area contributed by atoms with E-state index in [0.717, 1.165) is 11.1 Å². The summed E-state index contributed by atoms with van der Waals surface area (Å²) in [4.78, 5) is 23.8. The Morgan fingerprint density at radius 3 is 2.50 bits per heavy atom. The Morgan fingerprint density at radius 2 is 1.83 bits per heavy atom. The van der Waals surface area contributed by atoms with E-state index in [4.69, 9.17) is 11.6 Å². The van der Waals surface area contributed by atoms with Crippen LogP contribution in [0.4, 0.5) is 5.69 Å². The van der Waals surface area contributed by atoms with Crippen molar-refractivity contribution >= 4 is 29.1 Å². The Hall–Kier alpha value is -2.37. The number of halogens is 1. The van der Waals surface area contributed by atoms with Crippen molar-refractivity contribution in [2.24, 2.45) is 0 Å². The normalized spacial score (nSPS) is 11.7. The van der Waals surface area contributed by atoms with Crippen LogP contribution in [0.1, 0.15) is 22.8 Å². The molecule has 3 N–H and O–H groups in total. The lowest BCUT2D eigenvalue weighted by Crippen LogP contribution is -2.37. The molecule has 0 heterocycles. The van der Waals surface area contributed by atoms with Crippen LogP contribution < -0.4 is 10.6 Å². The summed E-state index contributed by atoms with van der Waals surface area (Å²) in [5, 5.41) is 15.3. The first-order valence-corrected chi connectivity index (χ1v) is 7.85. The Balaban J connectivity index is 1.92. The molecule has 0 aliphatic rings. The molecular formula is C18H19ClN2O3. The van der Waals surface area contributed by atoms with Crippen LogP contribution in [-0.2, 0) is 9.59 Å². The lowest BCUT2D eigenvalue weighted by atomic mass is 10.0. The van der Waals surface area contributed by atoms with E-state index in [0.29, 0.717) is 16.3 Å². The van der Waals surface area contributed by atoms with Gasteiger partial charge in [0, 0.05) is 6.54 Å². The average molecular weight is 347 g/mol. The summed E-state index contributed by atoms with van der Waals surface area (Å²) in [5.41, 5.74) is 2.93. The number of aliphatic hydroxyl groups is 1. The molecule has 6 heteroatoms. The van der Waals surface area contributed by atoms with E-state index in [-0.39, 0.29) is 6.54 Å². The van der Waals surface area contributed by atoms with Crippen LogP contribution in [0.5, 0.6) is 0 Å². The van der Waals surface area contributed by atoms with Gasteiger partial charge >= 0.3 is 11.8 Å². The van der Waals surface area contributed by atoms with Crippen molar-refractivity contribution in [3.63, 3.8) is 0 Å². The number of hydrogen-bond acceptors (Lipinski definition) is 3. The molecule has 0 spiro atoms. The highest BCUT2D eigenvalue weighted by Crippen LogP contribution is 2.22. The predicted molar refractivity (Wildman–Crippen MR) is 94.0 cm³/mol. The molecule has 2 aromatic carbocycles. The van der Waals surface area contributed by atoms with Gasteiger partial charge in [-0.1, -0.05) is 41.9 Å². The van der Waals surface area contributed by atoms with Gasteiger partial charge < -0.3 is 15.7 Å². The highest BCUT2D eigenvalue weighted by atomic mass is 35.5. The molecule has 24 heavy (non-hydrogen) atoms. The molecule has 126 valence electrons. The standard InChI is InChI=1S/C18H19ClN2O3/c1-11-7-8-15(14(19)9-11)21-18(24)17(23)20-10-16(22)13-6-4-3-5-12(13)2/h3-9,16,22H,10H2,1-2H3,(H,20,23)(H,21,24). The fourth-order valence-electron chi connectivity index (χ4n) is 2.24. The van der Waals surface area contributed by atoms with Crippen molar-refractivity contribution in [1.82, 2.24) is 5.32 Å². The number of aryl methyl sites for hydroxylation is 2. The largest absolute Gasteiger partial charge is 0.387 e. The molecule has 0 aliphatic heterocycles. The summed E-state index contributed by atoms with van der Waals surface area (Å²) < 4.78 is 0. The number of nitrogens with one attached hydrogen (secondary N) is 2. The smallest absolute Gasteiger partial charge is 0.313 e. The van der Waals surface area contributed by atoms with Gasteiger partial charge in [0.25, 0.3) is 0 Å². The van der Waals surface area contributed by atoms with Crippen molar-refractivity contribution in [1.29, 1.82) is 0 Å². The number of benzene rings is 2. The fraction of sp³-hybridized carbons (Fsp3) is 0.222. The lowest BCUT2D eigenvalue weighted by Gasteiger charge is -2.14. The van der Waals surface area contributed by atoms with Crippen LogP contribution in [0.2, 0.25) is 5.02 Å². The van der Waals surface area contributed by atoms with Crippen LogP contribution >= 0.6 is 11.6 Å². The third-order valence-electron chi connectivity index (χ3n) is 3.58. The first-order valence-electron chi connectivity index (χ1n) is 7.47. The van der Waals surface area contributed by atoms with E-state index in [9.17, 15) is 14.7 Å². The quantitative estimate of drug-likeness (QED) is 0.745. The van der Waals surface area contributed by atoms with Gasteiger partial charge in [-0.05, 0) is 42.7 Å². The maximum Gasteiger partial charge on any atom is 0.313 e. The molecule has 0 aromatic heterocycles. The second-order valence-electron chi connectivity index (χ2n) is 5.52. The van der Waals surface area contributed by atoms with Gasteiger partial charge in [0.1, 0.15) is 0 Å². The summed E-state index contributed by atoms with van der Waals surface area (Å²) in [6, 6.07) is 12.4. The average Bonchev–Trinajstić information content (AvgIpc) is 2.55. The van der Waals surface area contributed by atoms with Crippen LogP contribution in [-0.4, -0.2) is 23.5 Å². The van der Waals surface area contributed by atoms with Crippen LogP contribution in [0.3, 0.4) is 0 Å². The van der Waals surface area contributed by atoms with Crippen molar-refractivity contribution in [3.05, 3.63) is 64.2 Å². The highest BCUT2D eigenvalue weighted by Gasteiger charge is 2.17. The van der Waals surface area contributed by atoms with Gasteiger partial charge in [-0.2, -0.15) is 0 Å². The topological polar surface area (TPSA) is 78.4 Å². The van der Waals surface area contributed by atoms with Gasteiger partial charge in [-0.25, -0.2) is 0 Å². The van der Waals surface area contributed by atoms with Gasteiger partial charge in [-0.3, -0.25) is 9.59 Å². The third kappa shape index (κ3) is 4.57. The lowest BCUT2D eigenvalue weighted by molar-refractivity contribution is -0.136. The molecule has 0 aliphatic carbocycles. The number of carbonyl (C=O) groups excluding carboxylic acids is 2. The monoisotopic (exact) mass is 346 g/mol. The molecule has 0 radical (unpaired) electrons. The van der Waals surface area contributed by atoms with Crippen LogP contribution in [0, 0.1) is 13.8 Å². The second kappa shape index (κ2) is 7.95. The minimum atomic E-state index is -0.883. The Labute approximate surface area is 145 Å². The summed E-state index contributed by atoms with van der Waals surface area (Å²) in [6.45, 7) is 3.68. The molecule has 2 rings (SSSR count). The number of hydrogen-bond donors (Lipinski definition) is 3. The van der Waals surface area contributed by atoms with E-state index in [1.807, 2.05) is 26.0 Å². The highest BCUT2D eigenvalue weighted by molar-refractivity contribution is 6.41. The number of aliphatic hydroxyl groups excluding tert-OH is 1. The van der Waals surface area contributed by atoms with Crippen molar-refractivity contribution in [3.8, 4) is 0 Å². The first-order chi connectivity index (χ1) is 11.4. The molecule has 2 amide bonds. The zero-order valence-electron chi connectivity index (χ0n) is 13.5. The number of anilines is 1. The molecule has 0 saturated carbocycles. The van der Waals surface area contributed by atoms with E-state index in [1.165, 1.54) is 0 Å². The Kier molecular flexibility index (Phi) is 5.95. The SMILES string of the molecule is Cc1ccc(NC(=O)C(=O)NCC(O)c2ccccc2C)c(Cl)c1. The van der Waals surface area contributed by atoms with E-state index >= 15 is 0 Å².